The monoisotopic (exact) mass is 498 g/mol. The third-order valence-corrected chi connectivity index (χ3v) is 5.20. The van der Waals surface area contributed by atoms with Crippen LogP contribution < -0.4 is 21.7 Å². The Kier molecular flexibility index (Phi) is 11.3. The summed E-state index contributed by atoms with van der Waals surface area (Å²) in [5, 5.41) is 34.8. The molecular weight excluding hydrogens is 468 g/mol. The van der Waals surface area contributed by atoms with Gasteiger partial charge in [-0.1, -0.05) is 26.0 Å². The van der Waals surface area contributed by atoms with Crippen LogP contribution in [0, 0.1) is 5.92 Å². The number of benzene rings is 1. The first-order chi connectivity index (χ1) is 15.8. The van der Waals surface area contributed by atoms with Crippen LogP contribution in [0.3, 0.4) is 0 Å². The van der Waals surface area contributed by atoms with Gasteiger partial charge in [0.05, 0.1) is 12.5 Å². The van der Waals surface area contributed by atoms with Crippen LogP contribution in [0.5, 0.6) is 5.75 Å². The van der Waals surface area contributed by atoms with E-state index in [0.29, 0.717) is 5.56 Å². The molecule has 4 atom stereocenters. The van der Waals surface area contributed by atoms with Crippen LogP contribution in [0.4, 0.5) is 0 Å². The number of phenols is 1. The number of rotatable bonds is 13. The maximum atomic E-state index is 12.7. The molecule has 0 aliphatic heterocycles. The highest BCUT2D eigenvalue weighted by molar-refractivity contribution is 7.80. The number of carbonyl (C=O) groups is 5. The minimum atomic E-state index is -1.62. The maximum absolute atomic E-state index is 12.7. The highest BCUT2D eigenvalue weighted by atomic mass is 32.1. The van der Waals surface area contributed by atoms with Gasteiger partial charge in [-0.15, -0.1) is 0 Å². The number of amides is 3. The molecule has 0 aromatic heterocycles. The minimum absolute atomic E-state index is 0.0240. The molecule has 13 heteroatoms. The second kappa shape index (κ2) is 13.4. The Hall–Kier alpha value is -3.32. The second-order valence-corrected chi connectivity index (χ2v) is 8.31. The standard InChI is InChI=1S/C21H30N4O8S/c1-10(2)17(22)20(31)25-15(9-34)19(30)23-13(8-16(27)28)18(29)24-14(21(32)33)7-11-3-5-12(26)6-4-11/h3-6,10,13-15,17,26,34H,7-9,22H2,1-2H3,(H,23,30)(H,24,29)(H,25,31)(H,27,28)(H,32,33). The average molecular weight is 499 g/mol. The van der Waals surface area contributed by atoms with Crippen molar-refractivity contribution < 1.29 is 39.3 Å². The third-order valence-electron chi connectivity index (χ3n) is 4.84. The Labute approximate surface area is 201 Å². The van der Waals surface area contributed by atoms with Crippen molar-refractivity contribution in [2.24, 2.45) is 11.7 Å². The van der Waals surface area contributed by atoms with E-state index >= 15 is 0 Å². The van der Waals surface area contributed by atoms with Crippen LogP contribution in [0.1, 0.15) is 25.8 Å². The molecule has 0 heterocycles. The quantitative estimate of drug-likeness (QED) is 0.154. The van der Waals surface area contributed by atoms with Gasteiger partial charge in [-0.3, -0.25) is 19.2 Å². The summed E-state index contributed by atoms with van der Waals surface area (Å²) < 4.78 is 0. The van der Waals surface area contributed by atoms with E-state index in [1.165, 1.54) is 24.3 Å². The summed E-state index contributed by atoms with van der Waals surface area (Å²) in [5.41, 5.74) is 6.24. The zero-order chi connectivity index (χ0) is 26.0. The SMILES string of the molecule is CC(C)C(N)C(=O)NC(CS)C(=O)NC(CC(=O)O)C(=O)NC(Cc1ccc(O)cc1)C(=O)O. The first-order valence-electron chi connectivity index (χ1n) is 10.4. The van der Waals surface area contributed by atoms with E-state index in [0.717, 1.165) is 0 Å². The molecule has 8 N–H and O–H groups in total. The number of thiol groups is 1. The number of carboxylic acids is 2. The first kappa shape index (κ1) is 28.7. The Morgan fingerprint density at radius 2 is 1.38 bits per heavy atom. The van der Waals surface area contributed by atoms with Crippen LogP contribution in [0.2, 0.25) is 0 Å². The number of hydrogen-bond donors (Lipinski definition) is 8. The first-order valence-corrected chi connectivity index (χ1v) is 11.0. The molecule has 0 bridgehead atoms. The lowest BCUT2D eigenvalue weighted by Crippen LogP contribution is -2.58. The zero-order valence-corrected chi connectivity index (χ0v) is 19.6. The van der Waals surface area contributed by atoms with E-state index in [-0.39, 0.29) is 23.8 Å². The maximum Gasteiger partial charge on any atom is 0.326 e. The molecule has 0 aliphatic carbocycles. The van der Waals surface area contributed by atoms with Gasteiger partial charge in [0.15, 0.2) is 0 Å². The second-order valence-electron chi connectivity index (χ2n) is 7.94. The summed E-state index contributed by atoms with van der Waals surface area (Å²) in [6, 6.07) is 0.466. The smallest absolute Gasteiger partial charge is 0.326 e. The Morgan fingerprint density at radius 3 is 1.85 bits per heavy atom. The third kappa shape index (κ3) is 9.27. The van der Waals surface area contributed by atoms with Crippen molar-refractivity contribution >= 4 is 42.3 Å². The Morgan fingerprint density at radius 1 is 0.882 bits per heavy atom. The van der Waals surface area contributed by atoms with Gasteiger partial charge in [-0.25, -0.2) is 4.79 Å². The van der Waals surface area contributed by atoms with E-state index in [1.807, 2.05) is 0 Å². The normalized spacial score (nSPS) is 14.4. The number of carbonyl (C=O) groups excluding carboxylic acids is 3. The van der Waals surface area contributed by atoms with Crippen molar-refractivity contribution in [3.63, 3.8) is 0 Å². The van der Waals surface area contributed by atoms with Gasteiger partial charge in [0.1, 0.15) is 23.9 Å². The van der Waals surface area contributed by atoms with E-state index in [4.69, 9.17) is 10.8 Å². The molecule has 12 nitrogen and oxygen atoms in total. The molecular formula is C21H30N4O8S. The molecule has 1 rings (SSSR count). The fourth-order valence-electron chi connectivity index (χ4n) is 2.76. The van der Waals surface area contributed by atoms with Crippen LogP contribution in [-0.4, -0.2) is 74.9 Å². The molecule has 0 spiro atoms. The van der Waals surface area contributed by atoms with E-state index in [9.17, 15) is 34.2 Å². The zero-order valence-electron chi connectivity index (χ0n) is 18.7. The van der Waals surface area contributed by atoms with Crippen molar-refractivity contribution in [2.75, 3.05) is 5.75 Å². The largest absolute Gasteiger partial charge is 0.508 e. The number of aromatic hydroxyl groups is 1. The number of nitrogens with one attached hydrogen (secondary N) is 3. The van der Waals surface area contributed by atoms with Crippen LogP contribution in [0.25, 0.3) is 0 Å². The lowest BCUT2D eigenvalue weighted by Gasteiger charge is -2.24. The van der Waals surface area contributed by atoms with Gasteiger partial charge in [-0.05, 0) is 23.6 Å². The molecule has 0 aliphatic rings. The summed E-state index contributed by atoms with van der Waals surface area (Å²) >= 11 is 4.01. The molecule has 1 aromatic rings. The van der Waals surface area contributed by atoms with Crippen molar-refractivity contribution in [3.05, 3.63) is 29.8 Å². The van der Waals surface area contributed by atoms with Gasteiger partial charge in [0, 0.05) is 12.2 Å². The number of nitrogens with two attached hydrogens (primary N) is 1. The van der Waals surface area contributed by atoms with Gasteiger partial charge >= 0.3 is 11.9 Å². The molecule has 0 radical (unpaired) electrons. The van der Waals surface area contributed by atoms with Gasteiger partial charge in [0.25, 0.3) is 0 Å². The Balaban J connectivity index is 2.94. The lowest BCUT2D eigenvalue weighted by atomic mass is 10.0. The molecule has 0 saturated carbocycles. The van der Waals surface area contributed by atoms with Crippen molar-refractivity contribution in [1.82, 2.24) is 16.0 Å². The van der Waals surface area contributed by atoms with Gasteiger partial charge in [0.2, 0.25) is 17.7 Å². The topological polar surface area (TPSA) is 208 Å². The number of hydrogen-bond acceptors (Lipinski definition) is 8. The fourth-order valence-corrected chi connectivity index (χ4v) is 3.02. The fraction of sp³-hybridized carbons (Fsp3) is 0.476. The predicted molar refractivity (Wildman–Crippen MR) is 124 cm³/mol. The summed E-state index contributed by atoms with van der Waals surface area (Å²) in [6.07, 6.45) is -0.987. The van der Waals surface area contributed by atoms with E-state index in [2.05, 4.69) is 28.6 Å². The number of carboxylic acid groups (broad SMARTS) is 2. The summed E-state index contributed by atoms with van der Waals surface area (Å²) in [7, 11) is 0. The van der Waals surface area contributed by atoms with E-state index < -0.39 is 60.2 Å². The number of phenolic OH excluding ortho intramolecular Hbond substituents is 1. The van der Waals surface area contributed by atoms with E-state index in [1.54, 1.807) is 13.8 Å². The molecule has 3 amide bonds. The Bertz CT molecular complexity index is 893. The summed E-state index contributed by atoms with van der Waals surface area (Å²) in [5.74, 6) is -5.74. The van der Waals surface area contributed by atoms with Gasteiger partial charge < -0.3 is 37.0 Å². The average Bonchev–Trinajstić information content (AvgIpc) is 2.76. The minimum Gasteiger partial charge on any atom is -0.508 e. The lowest BCUT2D eigenvalue weighted by molar-refractivity contribution is -0.143. The summed E-state index contributed by atoms with van der Waals surface area (Å²) in [4.78, 5) is 60.3. The van der Waals surface area contributed by atoms with Gasteiger partial charge in [-0.2, -0.15) is 12.6 Å². The molecule has 0 saturated heterocycles. The predicted octanol–water partition coefficient (Wildman–Crippen LogP) is -1.14. The van der Waals surface area contributed by atoms with Crippen LogP contribution >= 0.6 is 12.6 Å². The molecule has 188 valence electrons. The highest BCUT2D eigenvalue weighted by Crippen LogP contribution is 2.12. The van der Waals surface area contributed by atoms with Crippen molar-refractivity contribution in [2.45, 2.75) is 50.9 Å². The van der Waals surface area contributed by atoms with Crippen molar-refractivity contribution in [1.29, 1.82) is 0 Å². The molecule has 4 unspecified atom stereocenters. The summed E-state index contributed by atoms with van der Waals surface area (Å²) in [6.45, 7) is 3.43. The molecule has 34 heavy (non-hydrogen) atoms. The highest BCUT2D eigenvalue weighted by Gasteiger charge is 2.31. The van der Waals surface area contributed by atoms with Crippen LogP contribution in [0.15, 0.2) is 24.3 Å². The number of aliphatic carboxylic acids is 2. The molecule has 1 aromatic carbocycles. The van der Waals surface area contributed by atoms with Crippen LogP contribution in [-0.2, 0) is 30.4 Å². The van der Waals surface area contributed by atoms with Crippen molar-refractivity contribution in [3.8, 4) is 5.75 Å². The molecule has 0 fully saturated rings.